The van der Waals surface area contributed by atoms with E-state index in [-0.39, 0.29) is 18.3 Å². The van der Waals surface area contributed by atoms with Gasteiger partial charge in [0, 0.05) is 18.8 Å². The number of guanidine groups is 1. The number of carbonyl (C=O) groups excluding carboxylic acids is 1. The lowest BCUT2D eigenvalue weighted by Gasteiger charge is -2.39. The lowest BCUT2D eigenvalue weighted by molar-refractivity contribution is -0.129. The zero-order valence-corrected chi connectivity index (χ0v) is 16.4. The summed E-state index contributed by atoms with van der Waals surface area (Å²) in [6.45, 7) is 3.92. The molecule has 7 heteroatoms. The number of aryl methyl sites for hydroxylation is 1. The molecule has 1 aromatic heterocycles. The van der Waals surface area contributed by atoms with Crippen LogP contribution in [0.4, 0.5) is 0 Å². The van der Waals surface area contributed by atoms with E-state index < -0.39 is 5.54 Å². The van der Waals surface area contributed by atoms with E-state index in [0.717, 1.165) is 33.9 Å². The van der Waals surface area contributed by atoms with Crippen LogP contribution < -0.4 is 10.1 Å². The highest BCUT2D eigenvalue weighted by Crippen LogP contribution is 2.31. The summed E-state index contributed by atoms with van der Waals surface area (Å²) in [5.41, 5.74) is 3.11. The van der Waals surface area contributed by atoms with Gasteiger partial charge in [-0.15, -0.1) is 0 Å². The van der Waals surface area contributed by atoms with Crippen molar-refractivity contribution in [3.05, 3.63) is 53.9 Å². The van der Waals surface area contributed by atoms with Crippen molar-refractivity contribution in [1.82, 2.24) is 19.8 Å². The third-order valence-corrected chi connectivity index (χ3v) is 5.38. The summed E-state index contributed by atoms with van der Waals surface area (Å²) < 4.78 is 7.45. The standard InChI is InChI=1S/C21H23N5O2/c1-13-23-17-9-8-16(28-4)11-18(17)26(13)15-7-5-6-14(10-15)21(2)12-19(27)25(3)20(22)24-21/h5-11H,12H2,1-4H3,(H2,22,24)/t21-/m0/s1. The second-order valence-corrected chi connectivity index (χ2v) is 7.33. The van der Waals surface area contributed by atoms with Crippen LogP contribution >= 0.6 is 0 Å². The summed E-state index contributed by atoms with van der Waals surface area (Å²) in [7, 11) is 3.26. The van der Waals surface area contributed by atoms with Crippen molar-refractivity contribution < 1.29 is 9.53 Å². The molecule has 0 saturated carbocycles. The van der Waals surface area contributed by atoms with Crippen molar-refractivity contribution in [2.75, 3.05) is 14.2 Å². The number of nitrogens with zero attached hydrogens (tertiary/aromatic N) is 3. The van der Waals surface area contributed by atoms with Gasteiger partial charge in [0.05, 0.1) is 30.1 Å². The van der Waals surface area contributed by atoms with Gasteiger partial charge in [0.25, 0.3) is 0 Å². The highest BCUT2D eigenvalue weighted by molar-refractivity contribution is 5.98. The van der Waals surface area contributed by atoms with Crippen LogP contribution in [-0.2, 0) is 10.3 Å². The Balaban J connectivity index is 1.82. The SMILES string of the molecule is COc1ccc2nc(C)n(-c3cccc([C@]4(C)CC(=O)N(C)C(=N)N4)c3)c2c1. The number of hydrogen-bond acceptors (Lipinski definition) is 4. The van der Waals surface area contributed by atoms with Crippen LogP contribution in [0, 0.1) is 12.3 Å². The second kappa shape index (κ2) is 6.37. The first-order valence-electron chi connectivity index (χ1n) is 9.10. The van der Waals surface area contributed by atoms with E-state index in [1.54, 1.807) is 14.2 Å². The molecule has 0 bridgehead atoms. The van der Waals surface area contributed by atoms with Crippen molar-refractivity contribution in [2.24, 2.45) is 0 Å². The van der Waals surface area contributed by atoms with Gasteiger partial charge < -0.3 is 10.1 Å². The van der Waals surface area contributed by atoms with Gasteiger partial charge in [0.1, 0.15) is 11.6 Å². The highest BCUT2D eigenvalue weighted by Gasteiger charge is 2.38. The molecule has 3 aromatic rings. The molecular formula is C21H23N5O2. The second-order valence-electron chi connectivity index (χ2n) is 7.33. The van der Waals surface area contributed by atoms with E-state index in [1.807, 2.05) is 56.3 Å². The maximum absolute atomic E-state index is 12.3. The molecule has 1 amide bonds. The fourth-order valence-corrected chi connectivity index (χ4v) is 3.73. The number of nitrogens with one attached hydrogen (secondary N) is 2. The number of methoxy groups -OCH3 is 1. The summed E-state index contributed by atoms with van der Waals surface area (Å²) in [6.07, 6.45) is 0.285. The average Bonchev–Trinajstić information content (AvgIpc) is 3.01. The lowest BCUT2D eigenvalue weighted by atomic mass is 9.86. The molecule has 144 valence electrons. The van der Waals surface area contributed by atoms with Crippen molar-refractivity contribution >= 4 is 22.9 Å². The zero-order chi connectivity index (χ0) is 20.1. The number of fused-ring (bicyclic) bond motifs is 1. The Bertz CT molecular complexity index is 1080. The topological polar surface area (TPSA) is 83.2 Å². The van der Waals surface area contributed by atoms with Crippen LogP contribution in [0.25, 0.3) is 16.7 Å². The molecule has 1 fully saturated rings. The monoisotopic (exact) mass is 377 g/mol. The summed E-state index contributed by atoms with van der Waals surface area (Å²) in [6, 6.07) is 13.8. The smallest absolute Gasteiger partial charge is 0.231 e. The van der Waals surface area contributed by atoms with Crippen LogP contribution in [0.15, 0.2) is 42.5 Å². The molecule has 0 radical (unpaired) electrons. The molecule has 1 aliphatic heterocycles. The van der Waals surface area contributed by atoms with E-state index >= 15 is 0 Å². The highest BCUT2D eigenvalue weighted by atomic mass is 16.5. The predicted molar refractivity (Wildman–Crippen MR) is 108 cm³/mol. The van der Waals surface area contributed by atoms with Gasteiger partial charge in [-0.2, -0.15) is 0 Å². The Morgan fingerprint density at radius 2 is 2.04 bits per heavy atom. The van der Waals surface area contributed by atoms with E-state index in [9.17, 15) is 4.79 Å². The zero-order valence-electron chi connectivity index (χ0n) is 16.4. The van der Waals surface area contributed by atoms with E-state index in [0.29, 0.717) is 0 Å². The van der Waals surface area contributed by atoms with Crippen LogP contribution in [0.2, 0.25) is 0 Å². The van der Waals surface area contributed by atoms with Crippen LogP contribution in [0.3, 0.4) is 0 Å². The fourth-order valence-electron chi connectivity index (χ4n) is 3.73. The maximum Gasteiger partial charge on any atom is 0.231 e. The molecule has 4 rings (SSSR count). The molecule has 1 aliphatic rings. The number of imidazole rings is 1. The van der Waals surface area contributed by atoms with E-state index in [4.69, 9.17) is 10.1 Å². The predicted octanol–water partition coefficient (Wildman–Crippen LogP) is 2.94. The normalized spacial score (nSPS) is 19.8. The average molecular weight is 377 g/mol. The van der Waals surface area contributed by atoms with Gasteiger partial charge in [0.15, 0.2) is 5.96 Å². The minimum atomic E-state index is -0.640. The quantitative estimate of drug-likeness (QED) is 0.735. The summed E-state index contributed by atoms with van der Waals surface area (Å²) in [4.78, 5) is 18.3. The van der Waals surface area contributed by atoms with Crippen LogP contribution in [-0.4, -0.2) is 40.5 Å². The van der Waals surface area contributed by atoms with Crippen molar-refractivity contribution in [1.29, 1.82) is 5.41 Å². The largest absolute Gasteiger partial charge is 0.497 e. The molecule has 2 N–H and O–H groups in total. The number of carbonyl (C=O) groups is 1. The Morgan fingerprint density at radius 1 is 1.25 bits per heavy atom. The molecule has 2 heterocycles. The number of amides is 1. The summed E-state index contributed by atoms with van der Waals surface area (Å²) >= 11 is 0. The van der Waals surface area contributed by atoms with Gasteiger partial charge in [0.2, 0.25) is 5.91 Å². The van der Waals surface area contributed by atoms with Crippen molar-refractivity contribution in [3.8, 4) is 11.4 Å². The number of ether oxygens (including phenoxy) is 1. The third-order valence-electron chi connectivity index (χ3n) is 5.38. The molecule has 0 aliphatic carbocycles. The lowest BCUT2D eigenvalue weighted by Crippen LogP contribution is -2.58. The molecule has 1 saturated heterocycles. The molecule has 1 atom stereocenters. The van der Waals surface area contributed by atoms with Crippen molar-refractivity contribution in [3.63, 3.8) is 0 Å². The Hall–Kier alpha value is -3.35. The Labute approximate surface area is 163 Å². The van der Waals surface area contributed by atoms with Gasteiger partial charge >= 0.3 is 0 Å². The number of rotatable bonds is 3. The molecule has 2 aromatic carbocycles. The molecular weight excluding hydrogens is 354 g/mol. The number of benzene rings is 2. The maximum atomic E-state index is 12.3. The van der Waals surface area contributed by atoms with Gasteiger partial charge in [-0.25, -0.2) is 4.98 Å². The van der Waals surface area contributed by atoms with Crippen LogP contribution in [0.1, 0.15) is 24.7 Å². The van der Waals surface area contributed by atoms with Gasteiger partial charge in [-0.3, -0.25) is 19.7 Å². The van der Waals surface area contributed by atoms with Crippen molar-refractivity contribution in [2.45, 2.75) is 25.8 Å². The molecule has 7 nitrogen and oxygen atoms in total. The molecule has 28 heavy (non-hydrogen) atoms. The Kier molecular flexibility index (Phi) is 4.10. The third kappa shape index (κ3) is 2.79. The van der Waals surface area contributed by atoms with Gasteiger partial charge in [-0.05, 0) is 43.7 Å². The van der Waals surface area contributed by atoms with E-state index in [2.05, 4.69) is 14.9 Å². The number of aromatic nitrogens is 2. The van der Waals surface area contributed by atoms with Gasteiger partial charge in [-0.1, -0.05) is 12.1 Å². The summed E-state index contributed by atoms with van der Waals surface area (Å²) in [5.74, 6) is 1.67. The minimum Gasteiger partial charge on any atom is -0.497 e. The first kappa shape index (κ1) is 18.0. The minimum absolute atomic E-state index is 0.0781. The summed E-state index contributed by atoms with van der Waals surface area (Å²) in [5, 5.41) is 11.2. The first-order chi connectivity index (χ1) is 13.3. The molecule has 0 unspecified atom stereocenters. The Morgan fingerprint density at radius 3 is 2.75 bits per heavy atom. The number of hydrogen-bond donors (Lipinski definition) is 2. The first-order valence-corrected chi connectivity index (χ1v) is 9.10. The molecule has 0 spiro atoms. The fraction of sp³-hybridized carbons (Fsp3) is 0.286. The van der Waals surface area contributed by atoms with Crippen LogP contribution in [0.5, 0.6) is 5.75 Å². The van der Waals surface area contributed by atoms with E-state index in [1.165, 1.54) is 4.90 Å².